The van der Waals surface area contributed by atoms with Crippen molar-refractivity contribution >= 4 is 10.8 Å². The molecule has 8 heteroatoms. The molecule has 0 unspecified atom stereocenters. The predicted octanol–water partition coefficient (Wildman–Crippen LogP) is 0.645. The third kappa shape index (κ3) is 2.50. The van der Waals surface area contributed by atoms with Gasteiger partial charge < -0.3 is 4.57 Å². The fourth-order valence-corrected chi connectivity index (χ4v) is 2.41. The number of benzene rings is 1. The Balaban J connectivity index is 1.84. The first-order chi connectivity index (χ1) is 9.74. The van der Waals surface area contributed by atoms with E-state index in [1.165, 1.54) is 6.33 Å². The van der Waals surface area contributed by atoms with E-state index in [0.717, 1.165) is 11.4 Å². The molecule has 0 bridgehead atoms. The highest BCUT2D eigenvalue weighted by Crippen LogP contribution is 2.07. The van der Waals surface area contributed by atoms with Crippen molar-refractivity contribution < 1.29 is 4.21 Å². The van der Waals surface area contributed by atoms with E-state index in [9.17, 15) is 4.21 Å². The maximum absolute atomic E-state index is 11.5. The third-order valence-electron chi connectivity index (χ3n) is 2.70. The van der Waals surface area contributed by atoms with Gasteiger partial charge in [-0.25, -0.2) is 0 Å². The largest absolute Gasteiger partial charge is 0.300 e. The predicted molar refractivity (Wildman–Crippen MR) is 72.8 cm³/mol. The van der Waals surface area contributed by atoms with Crippen LogP contribution in [0.5, 0.6) is 0 Å². The van der Waals surface area contributed by atoms with Gasteiger partial charge in [0.25, 0.3) is 0 Å². The zero-order valence-corrected chi connectivity index (χ0v) is 11.6. The smallest absolute Gasteiger partial charge is 0.221 e. The summed E-state index contributed by atoms with van der Waals surface area (Å²) in [6.07, 6.45) is 4.79. The molecule has 2 heterocycles. The van der Waals surface area contributed by atoms with Gasteiger partial charge in [0.15, 0.2) is 0 Å². The molecule has 2 aromatic heterocycles. The quantitative estimate of drug-likeness (QED) is 0.704. The summed E-state index contributed by atoms with van der Waals surface area (Å²) in [5.41, 5.74) is 1.64. The molecule has 0 saturated heterocycles. The van der Waals surface area contributed by atoms with E-state index in [1.807, 2.05) is 30.3 Å². The molecule has 0 fully saturated rings. The van der Waals surface area contributed by atoms with Crippen LogP contribution in [0.15, 0.2) is 48.0 Å². The van der Waals surface area contributed by atoms with Crippen LogP contribution in [0, 0.1) is 0 Å². The summed E-state index contributed by atoms with van der Waals surface area (Å²) < 4.78 is 13.2. The van der Waals surface area contributed by atoms with Crippen LogP contribution in [0.3, 0.4) is 0 Å². The van der Waals surface area contributed by atoms with Gasteiger partial charge in [-0.2, -0.15) is 15.0 Å². The normalized spacial score (nSPS) is 12.4. The first-order valence-electron chi connectivity index (χ1n) is 5.92. The Labute approximate surface area is 117 Å². The van der Waals surface area contributed by atoms with Crippen LogP contribution in [-0.2, 0) is 17.3 Å². The van der Waals surface area contributed by atoms with Gasteiger partial charge in [0, 0.05) is 6.26 Å². The van der Waals surface area contributed by atoms with E-state index in [4.69, 9.17) is 0 Å². The van der Waals surface area contributed by atoms with Crippen LogP contribution in [0.4, 0.5) is 0 Å². The molecule has 102 valence electrons. The van der Waals surface area contributed by atoms with Gasteiger partial charge in [-0.3, -0.25) is 4.21 Å². The van der Waals surface area contributed by atoms with Crippen molar-refractivity contribution in [2.45, 2.75) is 11.7 Å². The summed E-state index contributed by atoms with van der Waals surface area (Å²) in [7, 11) is -1.18. The van der Waals surface area contributed by atoms with Crippen molar-refractivity contribution in [2.75, 3.05) is 6.26 Å². The molecule has 7 nitrogen and oxygen atoms in total. The Morgan fingerprint density at radius 3 is 2.80 bits per heavy atom. The molecule has 3 aromatic rings. The third-order valence-corrected chi connectivity index (χ3v) is 3.53. The molecular formula is C12H12N6OS. The molecule has 0 aliphatic carbocycles. The van der Waals surface area contributed by atoms with Gasteiger partial charge in [-0.05, 0) is 12.1 Å². The SMILES string of the molecule is C[S@](=O)c1nncn1Cc1cnn(-c2ccccc2)n1. The number of hydrogen-bond acceptors (Lipinski definition) is 5. The fourth-order valence-electron chi connectivity index (χ4n) is 1.80. The Morgan fingerprint density at radius 2 is 2.05 bits per heavy atom. The Hall–Kier alpha value is -2.35. The lowest BCUT2D eigenvalue weighted by Crippen LogP contribution is -2.06. The lowest BCUT2D eigenvalue weighted by Gasteiger charge is -2.01. The van der Waals surface area contributed by atoms with Gasteiger partial charge in [-0.15, -0.1) is 10.2 Å². The van der Waals surface area contributed by atoms with E-state index < -0.39 is 10.8 Å². The summed E-state index contributed by atoms with van der Waals surface area (Å²) >= 11 is 0. The molecule has 0 spiro atoms. The minimum Gasteiger partial charge on any atom is -0.300 e. The monoisotopic (exact) mass is 288 g/mol. The lowest BCUT2D eigenvalue weighted by atomic mass is 10.3. The van der Waals surface area contributed by atoms with Gasteiger partial charge in [0.2, 0.25) is 5.16 Å². The van der Waals surface area contributed by atoms with E-state index in [-0.39, 0.29) is 0 Å². The summed E-state index contributed by atoms with van der Waals surface area (Å²) in [6, 6.07) is 9.64. The van der Waals surface area contributed by atoms with Crippen molar-refractivity contribution in [3.63, 3.8) is 0 Å². The highest BCUT2D eigenvalue weighted by molar-refractivity contribution is 7.84. The zero-order valence-electron chi connectivity index (χ0n) is 10.7. The van der Waals surface area contributed by atoms with E-state index in [1.54, 1.807) is 21.8 Å². The van der Waals surface area contributed by atoms with E-state index in [2.05, 4.69) is 20.4 Å². The summed E-state index contributed by atoms with van der Waals surface area (Å²) in [5.74, 6) is 0. The molecular weight excluding hydrogens is 276 g/mol. The van der Waals surface area contributed by atoms with Crippen LogP contribution in [0.1, 0.15) is 5.69 Å². The average Bonchev–Trinajstić information content (AvgIpc) is 3.09. The van der Waals surface area contributed by atoms with Crippen LogP contribution in [0.2, 0.25) is 0 Å². The number of rotatable bonds is 4. The molecule has 0 N–H and O–H groups in total. The van der Waals surface area contributed by atoms with Gasteiger partial charge in [-0.1, -0.05) is 18.2 Å². The van der Waals surface area contributed by atoms with Crippen LogP contribution in [0.25, 0.3) is 5.69 Å². The summed E-state index contributed by atoms with van der Waals surface area (Å²) in [6.45, 7) is 0.439. The van der Waals surface area contributed by atoms with Gasteiger partial charge in [0.05, 0.1) is 29.2 Å². The summed E-state index contributed by atoms with van der Waals surface area (Å²) in [4.78, 5) is 1.56. The van der Waals surface area contributed by atoms with Crippen LogP contribution < -0.4 is 0 Å². The zero-order chi connectivity index (χ0) is 13.9. The number of aromatic nitrogens is 6. The van der Waals surface area contributed by atoms with Gasteiger partial charge >= 0.3 is 0 Å². The van der Waals surface area contributed by atoms with Gasteiger partial charge in [0.1, 0.15) is 12.0 Å². The highest BCUT2D eigenvalue weighted by atomic mass is 32.2. The first-order valence-corrected chi connectivity index (χ1v) is 7.48. The number of para-hydroxylation sites is 1. The van der Waals surface area contributed by atoms with Crippen molar-refractivity contribution in [3.05, 3.63) is 48.5 Å². The molecule has 0 saturated carbocycles. The highest BCUT2D eigenvalue weighted by Gasteiger charge is 2.10. The van der Waals surface area contributed by atoms with Crippen molar-refractivity contribution in [3.8, 4) is 5.69 Å². The number of nitrogens with zero attached hydrogens (tertiary/aromatic N) is 6. The molecule has 3 rings (SSSR count). The molecule has 0 aliphatic heterocycles. The molecule has 0 amide bonds. The molecule has 0 aliphatic rings. The Morgan fingerprint density at radius 1 is 1.25 bits per heavy atom. The average molecular weight is 288 g/mol. The van der Waals surface area contributed by atoms with E-state index >= 15 is 0 Å². The minimum atomic E-state index is -1.18. The molecule has 0 radical (unpaired) electrons. The molecule has 1 aromatic carbocycles. The second kappa shape index (κ2) is 5.33. The maximum Gasteiger partial charge on any atom is 0.221 e. The Kier molecular flexibility index (Phi) is 3.38. The van der Waals surface area contributed by atoms with E-state index in [0.29, 0.717) is 11.7 Å². The molecule has 20 heavy (non-hydrogen) atoms. The Bertz CT molecular complexity index is 735. The summed E-state index contributed by atoms with van der Waals surface area (Å²) in [5, 5.41) is 16.6. The van der Waals surface area contributed by atoms with Crippen LogP contribution >= 0.6 is 0 Å². The molecule has 1 atom stereocenters. The maximum atomic E-state index is 11.5. The van der Waals surface area contributed by atoms with Crippen LogP contribution in [-0.4, -0.2) is 40.2 Å². The number of hydrogen-bond donors (Lipinski definition) is 0. The van der Waals surface area contributed by atoms with Crippen molar-refractivity contribution in [1.82, 2.24) is 29.8 Å². The second-order valence-corrected chi connectivity index (χ2v) is 5.43. The fraction of sp³-hybridized carbons (Fsp3) is 0.167. The van der Waals surface area contributed by atoms with Crippen molar-refractivity contribution in [1.29, 1.82) is 0 Å². The standard InChI is InChI=1S/C12H12N6OS/c1-20(19)12-15-13-9-17(12)8-10-7-14-18(16-10)11-5-3-2-4-6-11/h2-7,9H,8H2,1H3/t20-/m0/s1. The second-order valence-electron chi connectivity index (χ2n) is 4.16. The lowest BCUT2D eigenvalue weighted by molar-refractivity contribution is 0.642. The van der Waals surface area contributed by atoms with Crippen molar-refractivity contribution in [2.24, 2.45) is 0 Å². The topological polar surface area (TPSA) is 78.5 Å². The first kappa shape index (κ1) is 12.7. The minimum absolute atomic E-state index is 0.430.